The maximum Gasteiger partial charge on any atom is 0.573 e. The predicted molar refractivity (Wildman–Crippen MR) is 122 cm³/mol. The van der Waals surface area contributed by atoms with Gasteiger partial charge in [-0.1, -0.05) is 33.6 Å². The third-order valence-corrected chi connectivity index (χ3v) is 7.32. The van der Waals surface area contributed by atoms with E-state index in [0.717, 1.165) is 0 Å². The van der Waals surface area contributed by atoms with E-state index in [0.29, 0.717) is 37.5 Å². The van der Waals surface area contributed by atoms with Crippen LogP contribution < -0.4 is 4.74 Å². The summed E-state index contributed by atoms with van der Waals surface area (Å²) in [6.07, 6.45) is -2.97. The summed E-state index contributed by atoms with van der Waals surface area (Å²) in [5.41, 5.74) is 2.57. The van der Waals surface area contributed by atoms with Gasteiger partial charge in [-0.2, -0.15) is 9.50 Å². The second kappa shape index (κ2) is 8.14. The zero-order chi connectivity index (χ0) is 23.4. The summed E-state index contributed by atoms with van der Waals surface area (Å²) in [7, 11) is -1.57. The van der Waals surface area contributed by atoms with Crippen LogP contribution in [0.1, 0.15) is 49.9 Å². The minimum absolute atomic E-state index is 0.222. The van der Waals surface area contributed by atoms with Crippen LogP contribution in [0.2, 0.25) is 5.02 Å². The Bertz CT molecular complexity index is 1270. The molecule has 0 unspecified atom stereocenters. The standard InChI is InChI=1S/C21H18BrClF3N3O2S/c1-20(2,3)32(30)28-14-10-12(17-13(22)5-4-6-16(17)31-21(24,25)26)18-15-9-11(23)7-8-29(15)27-19(14)18/h4-9,12H,10H2,1-3H3/b28-14+/t12-,32-/m1/s1. The van der Waals surface area contributed by atoms with Crippen molar-refractivity contribution in [3.63, 3.8) is 0 Å². The van der Waals surface area contributed by atoms with Crippen molar-refractivity contribution in [2.24, 2.45) is 4.40 Å². The maximum atomic E-state index is 13.1. The second-order valence-corrected chi connectivity index (χ2v) is 11.5. The lowest BCUT2D eigenvalue weighted by molar-refractivity contribution is -0.275. The van der Waals surface area contributed by atoms with Gasteiger partial charge in [-0.25, -0.2) is 8.72 Å². The molecule has 1 aliphatic carbocycles. The third kappa shape index (κ3) is 4.45. The molecule has 5 nitrogen and oxygen atoms in total. The number of pyridine rings is 1. The van der Waals surface area contributed by atoms with E-state index in [-0.39, 0.29) is 12.2 Å². The molecule has 0 saturated heterocycles. The van der Waals surface area contributed by atoms with E-state index in [1.54, 1.807) is 49.7 Å². The lowest BCUT2D eigenvalue weighted by Crippen LogP contribution is -2.21. The van der Waals surface area contributed by atoms with Gasteiger partial charge in [0, 0.05) is 39.2 Å². The van der Waals surface area contributed by atoms with Crippen LogP contribution in [-0.2, 0) is 11.0 Å². The van der Waals surface area contributed by atoms with Crippen LogP contribution in [0.25, 0.3) is 5.52 Å². The molecule has 170 valence electrons. The van der Waals surface area contributed by atoms with Gasteiger partial charge >= 0.3 is 6.36 Å². The Labute approximate surface area is 198 Å². The number of alkyl halides is 3. The normalized spacial score (nSPS) is 18.9. The molecular weight excluding hydrogens is 531 g/mol. The Balaban J connectivity index is 1.95. The topological polar surface area (TPSA) is 56.0 Å². The number of hydrogen-bond donors (Lipinski definition) is 0. The molecule has 1 aliphatic rings. The molecular formula is C21H18BrClF3N3O2S. The Morgan fingerprint density at radius 2 is 1.97 bits per heavy atom. The number of ether oxygens (including phenoxy) is 1. The van der Waals surface area contributed by atoms with E-state index in [2.05, 4.69) is 30.2 Å². The van der Waals surface area contributed by atoms with Gasteiger partial charge in [-0.15, -0.1) is 13.2 Å². The van der Waals surface area contributed by atoms with Crippen LogP contribution >= 0.6 is 27.5 Å². The summed E-state index contributed by atoms with van der Waals surface area (Å²) in [5.74, 6) is -0.882. The smallest absolute Gasteiger partial charge is 0.405 e. The second-order valence-electron chi connectivity index (χ2n) is 8.29. The summed E-state index contributed by atoms with van der Waals surface area (Å²) < 4.78 is 62.3. The first-order valence-corrected chi connectivity index (χ1v) is 11.8. The van der Waals surface area contributed by atoms with Crippen molar-refractivity contribution >= 4 is 49.7 Å². The molecule has 3 aromatic rings. The number of aromatic nitrogens is 2. The van der Waals surface area contributed by atoms with Crippen LogP contribution in [0, 0.1) is 0 Å². The highest BCUT2D eigenvalue weighted by molar-refractivity contribution is 9.10. The molecule has 0 saturated carbocycles. The van der Waals surface area contributed by atoms with E-state index in [1.807, 2.05) is 0 Å². The molecule has 0 bridgehead atoms. The molecule has 0 amide bonds. The first-order chi connectivity index (χ1) is 14.8. The first kappa shape index (κ1) is 23.3. The summed E-state index contributed by atoms with van der Waals surface area (Å²) in [6.45, 7) is 5.40. The van der Waals surface area contributed by atoms with Crippen molar-refractivity contribution in [1.29, 1.82) is 0 Å². The minimum atomic E-state index is -4.86. The third-order valence-electron chi connectivity index (χ3n) is 4.96. The van der Waals surface area contributed by atoms with Crippen LogP contribution in [0.15, 0.2) is 45.4 Å². The van der Waals surface area contributed by atoms with Crippen molar-refractivity contribution in [1.82, 2.24) is 9.61 Å². The highest BCUT2D eigenvalue weighted by Crippen LogP contribution is 2.47. The number of halogens is 5. The monoisotopic (exact) mass is 547 g/mol. The highest BCUT2D eigenvalue weighted by atomic mass is 79.9. The van der Waals surface area contributed by atoms with E-state index in [1.165, 1.54) is 12.1 Å². The molecule has 2 atom stereocenters. The van der Waals surface area contributed by atoms with Crippen LogP contribution in [0.3, 0.4) is 0 Å². The fourth-order valence-corrected chi connectivity index (χ4v) is 5.04. The van der Waals surface area contributed by atoms with Crippen LogP contribution in [0.4, 0.5) is 13.2 Å². The van der Waals surface area contributed by atoms with Gasteiger partial charge in [0.1, 0.15) is 22.4 Å². The van der Waals surface area contributed by atoms with Gasteiger partial charge in [0.2, 0.25) is 0 Å². The molecule has 2 heterocycles. The molecule has 0 N–H and O–H groups in total. The maximum absolute atomic E-state index is 13.1. The fourth-order valence-electron chi connectivity index (χ4n) is 3.62. The fraction of sp³-hybridized carbons (Fsp3) is 0.333. The SMILES string of the molecule is CC(C)(C)[S@@](=O)/N=C1\C[C@H](c2c(Br)cccc2OC(F)(F)F)c2c1nn1ccc(Cl)cc21. The zero-order valence-corrected chi connectivity index (χ0v) is 20.4. The molecule has 0 radical (unpaired) electrons. The predicted octanol–water partition coefficient (Wildman–Crippen LogP) is 6.44. The van der Waals surface area contributed by atoms with Crippen LogP contribution in [0.5, 0.6) is 5.75 Å². The summed E-state index contributed by atoms with van der Waals surface area (Å²) in [5, 5.41) is 5.03. The minimum Gasteiger partial charge on any atom is -0.405 e. The largest absolute Gasteiger partial charge is 0.573 e. The Hall–Kier alpha value is -1.91. The van der Waals surface area contributed by atoms with E-state index in [4.69, 9.17) is 11.6 Å². The van der Waals surface area contributed by atoms with E-state index >= 15 is 0 Å². The van der Waals surface area contributed by atoms with Crippen molar-refractivity contribution in [3.8, 4) is 5.75 Å². The average Bonchev–Trinajstić information content (AvgIpc) is 3.18. The average molecular weight is 549 g/mol. The number of fused-ring (bicyclic) bond motifs is 3. The lowest BCUT2D eigenvalue weighted by Gasteiger charge is -2.19. The first-order valence-electron chi connectivity index (χ1n) is 9.57. The van der Waals surface area contributed by atoms with Gasteiger partial charge in [0.25, 0.3) is 0 Å². The molecule has 2 aromatic heterocycles. The van der Waals surface area contributed by atoms with Gasteiger partial charge in [0.05, 0.1) is 16.0 Å². The Kier molecular flexibility index (Phi) is 5.92. The van der Waals surface area contributed by atoms with Crippen LogP contribution in [-0.4, -0.2) is 30.6 Å². The summed E-state index contributed by atoms with van der Waals surface area (Å²) in [6, 6.07) is 7.76. The Morgan fingerprint density at radius 1 is 1.25 bits per heavy atom. The molecule has 0 aliphatic heterocycles. The lowest BCUT2D eigenvalue weighted by atomic mass is 9.92. The molecule has 0 spiro atoms. The summed E-state index contributed by atoms with van der Waals surface area (Å²) in [4.78, 5) is 0. The number of hydrogen-bond acceptors (Lipinski definition) is 3. The van der Waals surface area contributed by atoms with Gasteiger partial charge < -0.3 is 4.74 Å². The zero-order valence-electron chi connectivity index (χ0n) is 17.2. The van der Waals surface area contributed by atoms with Gasteiger partial charge in [0.15, 0.2) is 0 Å². The van der Waals surface area contributed by atoms with Crippen molar-refractivity contribution in [2.45, 2.75) is 44.2 Å². The number of rotatable bonds is 3. The van der Waals surface area contributed by atoms with Gasteiger partial charge in [-0.05, 0) is 45.0 Å². The van der Waals surface area contributed by atoms with E-state index in [9.17, 15) is 17.4 Å². The van der Waals surface area contributed by atoms with Crippen molar-refractivity contribution in [2.75, 3.05) is 0 Å². The Morgan fingerprint density at radius 3 is 2.62 bits per heavy atom. The number of nitrogens with zero attached hydrogens (tertiary/aromatic N) is 3. The molecule has 4 rings (SSSR count). The molecule has 0 fully saturated rings. The van der Waals surface area contributed by atoms with Gasteiger partial charge in [-0.3, -0.25) is 0 Å². The molecule has 1 aromatic carbocycles. The van der Waals surface area contributed by atoms with Crippen molar-refractivity contribution < 1.29 is 22.1 Å². The van der Waals surface area contributed by atoms with Crippen molar-refractivity contribution in [3.05, 3.63) is 62.8 Å². The van der Waals surface area contributed by atoms with E-state index < -0.39 is 28.0 Å². The molecule has 32 heavy (non-hydrogen) atoms. The highest BCUT2D eigenvalue weighted by Gasteiger charge is 2.40. The number of benzene rings is 1. The quantitative estimate of drug-likeness (QED) is 0.379. The summed E-state index contributed by atoms with van der Waals surface area (Å²) >= 11 is 9.58. The molecule has 11 heteroatoms.